The lowest BCUT2D eigenvalue weighted by Gasteiger charge is -1.91. The van der Waals surface area contributed by atoms with E-state index in [0.717, 1.165) is 21.4 Å². The van der Waals surface area contributed by atoms with Crippen molar-refractivity contribution in [3.63, 3.8) is 0 Å². The van der Waals surface area contributed by atoms with E-state index in [1.54, 1.807) is 23.1 Å². The van der Waals surface area contributed by atoms with Gasteiger partial charge in [0.25, 0.3) is 0 Å². The van der Waals surface area contributed by atoms with E-state index in [1.807, 2.05) is 40.4 Å². The lowest BCUT2D eigenvalue weighted by molar-refractivity contribution is 1.18. The van der Waals surface area contributed by atoms with Crippen LogP contribution >= 0.6 is 23.1 Å². The minimum atomic E-state index is 0.870. The Kier molecular flexibility index (Phi) is 2.63. The molecular formula is C11H9N3S2. The highest BCUT2D eigenvalue weighted by Crippen LogP contribution is 2.24. The maximum absolute atomic E-state index is 4.53. The zero-order valence-corrected chi connectivity index (χ0v) is 10.0. The summed E-state index contributed by atoms with van der Waals surface area (Å²) in [6.07, 6.45) is 5.91. The molecule has 0 spiro atoms. The van der Waals surface area contributed by atoms with Crippen LogP contribution in [0.4, 0.5) is 0 Å². The van der Waals surface area contributed by atoms with Gasteiger partial charge in [0.1, 0.15) is 9.99 Å². The average Bonchev–Trinajstić information content (AvgIpc) is 2.95. The van der Waals surface area contributed by atoms with Crippen LogP contribution < -0.4 is 0 Å². The SMILES string of the molecule is c1ccn2cc(CSc3nccs3)nc2c1. The standard InChI is InChI=1S/C11H9N3S2/c1-2-5-14-7-9(13-10(14)3-1)8-16-11-12-4-6-15-11/h1-7H,8H2. The molecule has 3 heterocycles. The normalized spacial score (nSPS) is 11.0. The molecule has 0 saturated heterocycles. The van der Waals surface area contributed by atoms with E-state index in [0.29, 0.717) is 0 Å². The molecule has 0 radical (unpaired) electrons. The highest BCUT2D eigenvalue weighted by atomic mass is 32.2. The monoisotopic (exact) mass is 247 g/mol. The summed E-state index contributed by atoms with van der Waals surface area (Å²) in [7, 11) is 0. The number of hydrogen-bond donors (Lipinski definition) is 0. The molecule has 0 aliphatic carbocycles. The molecule has 0 saturated carbocycles. The Balaban J connectivity index is 1.79. The third kappa shape index (κ3) is 1.96. The second-order valence-corrected chi connectivity index (χ2v) is 5.40. The molecule has 0 fully saturated rings. The van der Waals surface area contributed by atoms with Crippen molar-refractivity contribution in [1.29, 1.82) is 0 Å². The van der Waals surface area contributed by atoms with Gasteiger partial charge in [-0.1, -0.05) is 17.8 Å². The first-order valence-electron chi connectivity index (χ1n) is 4.87. The summed E-state index contributed by atoms with van der Waals surface area (Å²) < 4.78 is 3.13. The molecule has 0 bridgehead atoms. The molecule has 0 aliphatic heterocycles. The van der Waals surface area contributed by atoms with E-state index in [1.165, 1.54) is 0 Å². The van der Waals surface area contributed by atoms with E-state index < -0.39 is 0 Å². The zero-order chi connectivity index (χ0) is 10.8. The summed E-state index contributed by atoms with van der Waals surface area (Å²) in [5.74, 6) is 0.870. The first-order chi connectivity index (χ1) is 7.92. The molecule has 0 atom stereocenters. The third-order valence-electron chi connectivity index (χ3n) is 2.17. The largest absolute Gasteiger partial charge is 0.307 e. The van der Waals surface area contributed by atoms with Crippen LogP contribution in [0, 0.1) is 0 Å². The Hall–Kier alpha value is -1.33. The van der Waals surface area contributed by atoms with E-state index in [-0.39, 0.29) is 0 Å². The fraction of sp³-hybridized carbons (Fsp3) is 0.0909. The van der Waals surface area contributed by atoms with Crippen molar-refractivity contribution in [2.24, 2.45) is 0 Å². The van der Waals surface area contributed by atoms with Crippen LogP contribution in [0.3, 0.4) is 0 Å². The summed E-state index contributed by atoms with van der Waals surface area (Å²) in [5.41, 5.74) is 2.09. The van der Waals surface area contributed by atoms with E-state index in [9.17, 15) is 0 Å². The van der Waals surface area contributed by atoms with Crippen LogP contribution in [0.15, 0.2) is 46.5 Å². The molecular weight excluding hydrogens is 238 g/mol. The second kappa shape index (κ2) is 4.27. The average molecular weight is 247 g/mol. The van der Waals surface area contributed by atoms with Crippen LogP contribution in [0.25, 0.3) is 5.65 Å². The Morgan fingerprint density at radius 1 is 1.38 bits per heavy atom. The summed E-state index contributed by atoms with van der Waals surface area (Å²) in [6, 6.07) is 6.02. The summed E-state index contributed by atoms with van der Waals surface area (Å²) in [5, 5.41) is 1.99. The van der Waals surface area contributed by atoms with Crippen molar-refractivity contribution in [3.05, 3.63) is 47.9 Å². The summed E-state index contributed by atoms with van der Waals surface area (Å²) in [6.45, 7) is 0. The number of rotatable bonds is 3. The topological polar surface area (TPSA) is 30.2 Å². The highest BCUT2D eigenvalue weighted by molar-refractivity contribution is 8.00. The Morgan fingerprint density at radius 2 is 2.38 bits per heavy atom. The third-order valence-corrected chi connectivity index (χ3v) is 4.17. The number of thioether (sulfide) groups is 1. The highest BCUT2D eigenvalue weighted by Gasteiger charge is 2.02. The van der Waals surface area contributed by atoms with E-state index in [4.69, 9.17) is 0 Å². The Bertz CT molecular complexity index is 553. The van der Waals surface area contributed by atoms with Gasteiger partial charge in [-0.25, -0.2) is 9.97 Å². The van der Waals surface area contributed by atoms with Gasteiger partial charge in [0.15, 0.2) is 0 Å². The van der Waals surface area contributed by atoms with Gasteiger partial charge in [0.05, 0.1) is 5.69 Å². The van der Waals surface area contributed by atoms with Crippen LogP contribution in [0.5, 0.6) is 0 Å². The maximum atomic E-state index is 4.53. The van der Waals surface area contributed by atoms with Gasteiger partial charge in [0, 0.05) is 29.7 Å². The number of imidazole rings is 1. The molecule has 3 nitrogen and oxygen atoms in total. The molecule has 3 rings (SSSR count). The van der Waals surface area contributed by atoms with Crippen molar-refractivity contribution in [2.75, 3.05) is 0 Å². The van der Waals surface area contributed by atoms with Crippen LogP contribution in [0.2, 0.25) is 0 Å². The molecule has 0 unspecified atom stereocenters. The number of aromatic nitrogens is 3. The molecule has 3 aromatic heterocycles. The summed E-state index contributed by atoms with van der Waals surface area (Å²) in [4.78, 5) is 8.76. The number of fused-ring (bicyclic) bond motifs is 1. The fourth-order valence-corrected chi connectivity index (χ4v) is 3.00. The quantitative estimate of drug-likeness (QED) is 0.666. The fourth-order valence-electron chi connectivity index (χ4n) is 1.47. The van der Waals surface area contributed by atoms with Gasteiger partial charge < -0.3 is 4.40 Å². The van der Waals surface area contributed by atoms with Crippen molar-refractivity contribution < 1.29 is 0 Å². The number of thiazole rings is 1. The minimum Gasteiger partial charge on any atom is -0.307 e. The smallest absolute Gasteiger partial charge is 0.150 e. The van der Waals surface area contributed by atoms with Gasteiger partial charge in [-0.2, -0.15) is 0 Å². The minimum absolute atomic E-state index is 0.870. The lowest BCUT2D eigenvalue weighted by Crippen LogP contribution is -1.78. The number of hydrogen-bond acceptors (Lipinski definition) is 4. The summed E-state index contributed by atoms with van der Waals surface area (Å²) >= 11 is 3.39. The number of nitrogens with zero attached hydrogens (tertiary/aromatic N) is 3. The van der Waals surface area contributed by atoms with Crippen LogP contribution in [-0.4, -0.2) is 14.4 Å². The molecule has 0 N–H and O–H groups in total. The van der Waals surface area contributed by atoms with Crippen LogP contribution in [-0.2, 0) is 5.75 Å². The first kappa shape index (κ1) is 9.86. The van der Waals surface area contributed by atoms with Gasteiger partial charge >= 0.3 is 0 Å². The van der Waals surface area contributed by atoms with Crippen molar-refractivity contribution >= 4 is 28.7 Å². The first-order valence-corrected chi connectivity index (χ1v) is 6.73. The second-order valence-electron chi connectivity index (χ2n) is 3.29. The molecule has 0 aromatic carbocycles. The predicted molar refractivity (Wildman–Crippen MR) is 66.9 cm³/mol. The molecule has 80 valence electrons. The molecule has 0 aliphatic rings. The van der Waals surface area contributed by atoms with Gasteiger partial charge in [-0.05, 0) is 12.1 Å². The Morgan fingerprint density at radius 3 is 3.19 bits per heavy atom. The number of pyridine rings is 1. The molecule has 5 heteroatoms. The van der Waals surface area contributed by atoms with Gasteiger partial charge in [-0.3, -0.25) is 0 Å². The molecule has 0 amide bonds. The van der Waals surface area contributed by atoms with Gasteiger partial charge in [0.2, 0.25) is 0 Å². The van der Waals surface area contributed by atoms with Gasteiger partial charge in [-0.15, -0.1) is 11.3 Å². The van der Waals surface area contributed by atoms with E-state index >= 15 is 0 Å². The lowest BCUT2D eigenvalue weighted by atomic mass is 10.5. The van der Waals surface area contributed by atoms with E-state index in [2.05, 4.69) is 16.2 Å². The molecule has 3 aromatic rings. The predicted octanol–water partition coefficient (Wildman–Crippen LogP) is 3.08. The Labute approximate surface area is 101 Å². The zero-order valence-electron chi connectivity index (χ0n) is 8.41. The van der Waals surface area contributed by atoms with Crippen molar-refractivity contribution in [2.45, 2.75) is 10.1 Å². The van der Waals surface area contributed by atoms with Crippen molar-refractivity contribution in [3.8, 4) is 0 Å². The maximum Gasteiger partial charge on any atom is 0.150 e. The van der Waals surface area contributed by atoms with Crippen molar-refractivity contribution in [1.82, 2.24) is 14.4 Å². The van der Waals surface area contributed by atoms with Crippen LogP contribution in [0.1, 0.15) is 5.69 Å². The molecule has 16 heavy (non-hydrogen) atoms.